The highest BCUT2D eigenvalue weighted by molar-refractivity contribution is 7.86. The van der Waals surface area contributed by atoms with E-state index in [9.17, 15) is 13.2 Å². The second kappa shape index (κ2) is 4.94. The lowest BCUT2D eigenvalue weighted by molar-refractivity contribution is -0.178. The quantitative estimate of drug-likeness (QED) is 0.569. The molecule has 5 atom stereocenters. The molecule has 0 aromatic heterocycles. The van der Waals surface area contributed by atoms with E-state index in [-0.39, 0.29) is 34.4 Å². The van der Waals surface area contributed by atoms with Gasteiger partial charge >= 0.3 is 5.97 Å². The molecule has 3 rings (SSSR count). The summed E-state index contributed by atoms with van der Waals surface area (Å²) in [4.78, 5) is 11.9. The third-order valence-corrected chi connectivity index (χ3v) is 7.52. The van der Waals surface area contributed by atoms with E-state index in [1.54, 1.807) is 0 Å². The summed E-state index contributed by atoms with van der Waals surface area (Å²) in [5.74, 6) is 0.439. The Kier molecular flexibility index (Phi) is 3.70. The van der Waals surface area contributed by atoms with Gasteiger partial charge in [-0.3, -0.25) is 8.98 Å². The molecule has 2 unspecified atom stereocenters. The molecule has 1 aliphatic heterocycles. The van der Waals surface area contributed by atoms with Gasteiger partial charge in [-0.15, -0.1) is 0 Å². The molecule has 0 bridgehead atoms. The van der Waals surface area contributed by atoms with Gasteiger partial charge in [-0.05, 0) is 49.4 Å². The van der Waals surface area contributed by atoms with Gasteiger partial charge in [-0.1, -0.05) is 20.8 Å². The van der Waals surface area contributed by atoms with Crippen LogP contribution in [-0.4, -0.2) is 32.3 Å². The van der Waals surface area contributed by atoms with E-state index < -0.39 is 10.1 Å². The van der Waals surface area contributed by atoms with Crippen molar-refractivity contribution in [1.82, 2.24) is 0 Å². The molecule has 23 heavy (non-hydrogen) atoms. The molecule has 0 amide bonds. The largest absolute Gasteiger partial charge is 0.459 e. The zero-order valence-electron chi connectivity index (χ0n) is 14.7. The topological polar surface area (TPSA) is 69.7 Å². The highest BCUT2D eigenvalue weighted by Gasteiger charge is 2.64. The minimum Gasteiger partial charge on any atom is -0.459 e. The first-order chi connectivity index (χ1) is 10.4. The monoisotopic (exact) mass is 344 g/mol. The lowest BCUT2D eigenvalue weighted by Crippen LogP contribution is -2.59. The van der Waals surface area contributed by atoms with Crippen molar-refractivity contribution >= 4 is 16.1 Å². The minimum absolute atomic E-state index is 0.0139. The maximum atomic E-state index is 11.9. The number of carbonyl (C=O) groups excluding carboxylic acids is 1. The van der Waals surface area contributed by atoms with Crippen molar-refractivity contribution in [3.8, 4) is 0 Å². The standard InChI is InChI=1S/C17H28O5S/c1-15(2)11-6-9-17(4)12(10-14(18)21-17)16(11,3)8-7-13(15)22-23(5,19)20/h11-13H,6-10H2,1-5H3/t11?,12-,13?,16+,17-/m1/s1. The Balaban J connectivity index is 1.94. The molecule has 0 spiro atoms. The van der Waals surface area contributed by atoms with E-state index in [1.807, 2.05) is 0 Å². The Bertz CT molecular complexity index is 625. The summed E-state index contributed by atoms with van der Waals surface area (Å²) in [6.45, 7) is 8.56. The number of rotatable bonds is 2. The van der Waals surface area contributed by atoms with Crippen LogP contribution in [0.1, 0.15) is 59.8 Å². The smallest absolute Gasteiger partial charge is 0.306 e. The van der Waals surface area contributed by atoms with Crippen LogP contribution < -0.4 is 0 Å². The van der Waals surface area contributed by atoms with Gasteiger partial charge in [0.2, 0.25) is 0 Å². The van der Waals surface area contributed by atoms with E-state index in [4.69, 9.17) is 8.92 Å². The van der Waals surface area contributed by atoms with Gasteiger partial charge in [0, 0.05) is 5.92 Å². The molecular weight excluding hydrogens is 316 g/mol. The van der Waals surface area contributed by atoms with Crippen LogP contribution in [0.5, 0.6) is 0 Å². The fourth-order valence-corrected chi connectivity index (χ4v) is 6.67. The summed E-state index contributed by atoms with van der Waals surface area (Å²) in [6, 6.07) is 0. The molecule has 0 radical (unpaired) electrons. The lowest BCUT2D eigenvalue weighted by Gasteiger charge is -2.61. The van der Waals surface area contributed by atoms with Crippen molar-refractivity contribution in [1.29, 1.82) is 0 Å². The number of carbonyl (C=O) groups is 1. The second-order valence-electron chi connectivity index (χ2n) is 8.79. The predicted octanol–water partition coefficient (Wildman–Crippen LogP) is 2.89. The Morgan fingerprint density at radius 2 is 1.74 bits per heavy atom. The molecule has 132 valence electrons. The zero-order valence-corrected chi connectivity index (χ0v) is 15.5. The van der Waals surface area contributed by atoms with E-state index in [0.717, 1.165) is 25.5 Å². The molecule has 0 aromatic rings. The molecular formula is C17H28O5S. The van der Waals surface area contributed by atoms with E-state index in [0.29, 0.717) is 18.8 Å². The molecule has 5 nitrogen and oxygen atoms in total. The fraction of sp³-hybridized carbons (Fsp3) is 0.941. The molecule has 0 N–H and O–H groups in total. The van der Waals surface area contributed by atoms with Crippen molar-refractivity contribution in [2.24, 2.45) is 22.7 Å². The van der Waals surface area contributed by atoms with Gasteiger partial charge in [0.25, 0.3) is 10.1 Å². The van der Waals surface area contributed by atoms with Crippen LogP contribution in [0.25, 0.3) is 0 Å². The summed E-state index contributed by atoms with van der Waals surface area (Å²) in [5.41, 5.74) is -0.619. The Morgan fingerprint density at radius 1 is 1.09 bits per heavy atom. The lowest BCUT2D eigenvalue weighted by atomic mass is 9.45. The molecule has 6 heteroatoms. The van der Waals surface area contributed by atoms with Gasteiger partial charge in [0.15, 0.2) is 0 Å². The van der Waals surface area contributed by atoms with Crippen molar-refractivity contribution in [3.63, 3.8) is 0 Å². The Labute approximate surface area is 139 Å². The van der Waals surface area contributed by atoms with Crippen LogP contribution in [0.3, 0.4) is 0 Å². The minimum atomic E-state index is -3.47. The summed E-state index contributed by atoms with van der Waals surface area (Å²) in [7, 11) is -3.47. The summed E-state index contributed by atoms with van der Waals surface area (Å²) in [6.07, 6.45) is 4.67. The first-order valence-corrected chi connectivity index (χ1v) is 10.3. The van der Waals surface area contributed by atoms with E-state index in [1.165, 1.54) is 0 Å². The van der Waals surface area contributed by atoms with E-state index in [2.05, 4.69) is 27.7 Å². The van der Waals surface area contributed by atoms with Gasteiger partial charge in [-0.2, -0.15) is 8.42 Å². The maximum absolute atomic E-state index is 11.9. The maximum Gasteiger partial charge on any atom is 0.306 e. The third kappa shape index (κ3) is 2.62. The van der Waals surface area contributed by atoms with Crippen molar-refractivity contribution in [3.05, 3.63) is 0 Å². The Hall–Kier alpha value is -0.620. The van der Waals surface area contributed by atoms with Gasteiger partial charge in [0.1, 0.15) is 5.60 Å². The van der Waals surface area contributed by atoms with E-state index >= 15 is 0 Å². The van der Waals surface area contributed by atoms with Crippen molar-refractivity contribution < 1.29 is 22.1 Å². The average Bonchev–Trinajstić information content (AvgIpc) is 2.68. The third-order valence-electron chi connectivity index (χ3n) is 6.94. The molecule has 2 saturated carbocycles. The molecule has 3 aliphatic rings. The van der Waals surface area contributed by atoms with Crippen LogP contribution in [0, 0.1) is 22.7 Å². The van der Waals surface area contributed by atoms with Gasteiger partial charge in [-0.25, -0.2) is 0 Å². The SMILES string of the molecule is CC1(C)C(OS(C)(=O)=O)CC[C@@]2(C)C1CC[C@@]1(C)OC(=O)C[C@@H]12. The molecule has 3 fully saturated rings. The molecule has 1 heterocycles. The average molecular weight is 344 g/mol. The summed E-state index contributed by atoms with van der Waals surface area (Å²) in [5, 5.41) is 0. The fourth-order valence-electron chi connectivity index (χ4n) is 5.91. The van der Waals surface area contributed by atoms with Crippen LogP contribution >= 0.6 is 0 Å². The second-order valence-corrected chi connectivity index (χ2v) is 10.4. The van der Waals surface area contributed by atoms with Crippen molar-refractivity contribution in [2.75, 3.05) is 6.26 Å². The van der Waals surface area contributed by atoms with Crippen LogP contribution in [0.2, 0.25) is 0 Å². The highest BCUT2D eigenvalue weighted by Crippen LogP contribution is 2.65. The highest BCUT2D eigenvalue weighted by atomic mass is 32.2. The number of ether oxygens (including phenoxy) is 1. The van der Waals surface area contributed by atoms with Crippen LogP contribution in [0.4, 0.5) is 0 Å². The van der Waals surface area contributed by atoms with Gasteiger partial charge in [0.05, 0.1) is 18.8 Å². The van der Waals surface area contributed by atoms with Gasteiger partial charge < -0.3 is 4.74 Å². The summed E-state index contributed by atoms with van der Waals surface area (Å²) >= 11 is 0. The van der Waals surface area contributed by atoms with Crippen LogP contribution in [0.15, 0.2) is 0 Å². The summed E-state index contributed by atoms with van der Waals surface area (Å²) < 4.78 is 34.3. The first-order valence-electron chi connectivity index (χ1n) is 8.49. The number of fused-ring (bicyclic) bond motifs is 3. The zero-order chi connectivity index (χ0) is 17.3. The Morgan fingerprint density at radius 3 is 2.35 bits per heavy atom. The number of hydrogen-bond acceptors (Lipinski definition) is 5. The number of esters is 1. The predicted molar refractivity (Wildman–Crippen MR) is 86.2 cm³/mol. The molecule has 0 aromatic carbocycles. The number of hydrogen-bond donors (Lipinski definition) is 0. The molecule has 2 aliphatic carbocycles. The molecule has 1 saturated heterocycles. The van der Waals surface area contributed by atoms with Crippen molar-refractivity contribution in [2.45, 2.75) is 71.5 Å². The van der Waals surface area contributed by atoms with Crippen LogP contribution in [-0.2, 0) is 23.8 Å². The first kappa shape index (κ1) is 17.2. The normalized spacial score (nSPS) is 46.0.